The second kappa shape index (κ2) is 7.78. The minimum Gasteiger partial charge on any atom is -0.370 e. The van der Waals surface area contributed by atoms with Crippen molar-refractivity contribution < 1.29 is 13.9 Å². The van der Waals surface area contributed by atoms with Crippen molar-refractivity contribution in [3.8, 4) is 5.69 Å². The summed E-state index contributed by atoms with van der Waals surface area (Å²) >= 11 is 0. The van der Waals surface area contributed by atoms with E-state index in [9.17, 15) is 9.18 Å². The molecule has 1 unspecified atom stereocenters. The molecule has 1 aliphatic carbocycles. The minimum absolute atomic E-state index is 0.251. The van der Waals surface area contributed by atoms with Gasteiger partial charge in [0.15, 0.2) is 0 Å². The number of primary amides is 1. The molecule has 1 saturated heterocycles. The zero-order valence-electron chi connectivity index (χ0n) is 17.2. The van der Waals surface area contributed by atoms with Crippen molar-refractivity contribution in [2.24, 2.45) is 5.73 Å². The van der Waals surface area contributed by atoms with Crippen molar-refractivity contribution in [1.82, 2.24) is 9.78 Å². The van der Waals surface area contributed by atoms with Crippen LogP contribution in [0.2, 0.25) is 0 Å². The van der Waals surface area contributed by atoms with E-state index in [0.29, 0.717) is 6.61 Å². The van der Waals surface area contributed by atoms with Gasteiger partial charge in [0.1, 0.15) is 5.82 Å². The van der Waals surface area contributed by atoms with Gasteiger partial charge in [-0.3, -0.25) is 4.79 Å². The number of ether oxygens (including phenoxy) is 1. The third-order valence-corrected chi connectivity index (χ3v) is 6.36. The second-order valence-corrected chi connectivity index (χ2v) is 8.29. The van der Waals surface area contributed by atoms with Crippen LogP contribution in [0.1, 0.15) is 35.2 Å². The number of aryl methyl sites for hydroxylation is 1. The molecule has 31 heavy (non-hydrogen) atoms. The van der Waals surface area contributed by atoms with Gasteiger partial charge < -0.3 is 10.5 Å². The number of halogens is 1. The number of hydrogen-bond donors (Lipinski definition) is 1. The van der Waals surface area contributed by atoms with Gasteiger partial charge in [0, 0.05) is 12.0 Å². The number of amides is 1. The van der Waals surface area contributed by atoms with E-state index in [1.807, 2.05) is 29.1 Å². The number of carbonyl (C=O) groups excluding carboxylic acids is 1. The van der Waals surface area contributed by atoms with Crippen molar-refractivity contribution in [2.75, 3.05) is 6.61 Å². The minimum atomic E-state index is -0.344. The van der Waals surface area contributed by atoms with E-state index in [2.05, 4.69) is 17.2 Å². The average molecular weight is 417 g/mol. The van der Waals surface area contributed by atoms with Crippen LogP contribution in [0.25, 0.3) is 11.8 Å². The van der Waals surface area contributed by atoms with Crippen LogP contribution >= 0.6 is 0 Å². The van der Waals surface area contributed by atoms with Crippen LogP contribution in [-0.2, 0) is 28.8 Å². The molecule has 0 radical (unpaired) electrons. The fourth-order valence-corrected chi connectivity index (χ4v) is 4.81. The van der Waals surface area contributed by atoms with Crippen molar-refractivity contribution in [3.63, 3.8) is 0 Å². The van der Waals surface area contributed by atoms with Crippen LogP contribution in [0.15, 0.2) is 60.3 Å². The summed E-state index contributed by atoms with van der Waals surface area (Å²) in [5, 5.41) is 4.56. The van der Waals surface area contributed by atoms with Crippen molar-refractivity contribution in [3.05, 3.63) is 88.5 Å². The quantitative estimate of drug-likeness (QED) is 0.664. The summed E-state index contributed by atoms with van der Waals surface area (Å²) in [5.74, 6) is -0.582. The molecule has 5 nitrogen and oxygen atoms in total. The van der Waals surface area contributed by atoms with Crippen LogP contribution in [0.3, 0.4) is 0 Å². The Labute approximate surface area is 180 Å². The third kappa shape index (κ3) is 3.68. The van der Waals surface area contributed by atoms with Gasteiger partial charge in [-0.1, -0.05) is 24.3 Å². The molecule has 2 aromatic carbocycles. The van der Waals surface area contributed by atoms with Crippen LogP contribution in [0.5, 0.6) is 0 Å². The fraction of sp³-hybridized carbons (Fsp3) is 0.280. The number of carbonyl (C=O) groups is 1. The number of nitrogens with two attached hydrogens (primary N) is 1. The molecule has 2 aliphatic rings. The molecule has 158 valence electrons. The number of benzene rings is 2. The van der Waals surface area contributed by atoms with E-state index in [1.54, 1.807) is 12.1 Å². The lowest BCUT2D eigenvalue weighted by Crippen LogP contribution is -2.35. The van der Waals surface area contributed by atoms with Gasteiger partial charge in [0.25, 0.3) is 0 Å². The molecule has 1 atom stereocenters. The van der Waals surface area contributed by atoms with Gasteiger partial charge >= 0.3 is 0 Å². The Kier molecular flexibility index (Phi) is 4.94. The van der Waals surface area contributed by atoms with Gasteiger partial charge in [-0.25, -0.2) is 9.07 Å². The van der Waals surface area contributed by atoms with E-state index in [1.165, 1.54) is 17.7 Å². The Morgan fingerprint density at radius 1 is 1.16 bits per heavy atom. The first-order valence-corrected chi connectivity index (χ1v) is 10.6. The maximum atomic E-state index is 13.3. The van der Waals surface area contributed by atoms with E-state index in [4.69, 9.17) is 10.5 Å². The topological polar surface area (TPSA) is 70.1 Å². The van der Waals surface area contributed by atoms with Gasteiger partial charge in [0.05, 0.1) is 36.2 Å². The molecule has 0 bridgehead atoms. The Balaban J connectivity index is 1.42. The molecule has 5 rings (SSSR count). The molecular formula is C25H24FN3O2. The lowest BCUT2D eigenvalue weighted by Gasteiger charge is -2.33. The van der Waals surface area contributed by atoms with Crippen molar-refractivity contribution >= 4 is 12.0 Å². The summed E-state index contributed by atoms with van der Waals surface area (Å²) < 4.78 is 21.5. The first-order chi connectivity index (χ1) is 15.0. The SMILES string of the molecule is NC(=O)Cc1ccccc1CCC12Cc3cnn(-c4ccc(F)cc4)c3C=C1CCO2. The van der Waals surface area contributed by atoms with Crippen LogP contribution < -0.4 is 5.73 Å². The van der Waals surface area contributed by atoms with Gasteiger partial charge in [0.2, 0.25) is 5.91 Å². The van der Waals surface area contributed by atoms with Crippen LogP contribution in [-0.4, -0.2) is 27.9 Å². The standard InChI is InChI=1S/C25H24FN3O2/c26-21-5-7-22(8-6-21)29-23-14-20-10-12-31-25(20,15-19(23)16-28-29)11-9-17-3-1-2-4-18(17)13-24(27)30/h1-8,14,16H,9-13,15H2,(H2,27,30). The fourth-order valence-electron chi connectivity index (χ4n) is 4.81. The molecule has 2 N–H and O–H groups in total. The first-order valence-electron chi connectivity index (χ1n) is 10.6. The number of aromatic nitrogens is 2. The molecule has 3 aromatic rings. The summed E-state index contributed by atoms with van der Waals surface area (Å²) in [6.45, 7) is 0.697. The van der Waals surface area contributed by atoms with Crippen molar-refractivity contribution in [1.29, 1.82) is 0 Å². The molecule has 1 amide bonds. The number of rotatable bonds is 6. The number of nitrogens with zero attached hydrogens (tertiary/aromatic N) is 2. The van der Waals surface area contributed by atoms with Crippen molar-refractivity contribution in [2.45, 2.75) is 37.7 Å². The zero-order valence-corrected chi connectivity index (χ0v) is 17.2. The number of fused-ring (bicyclic) bond motifs is 2. The van der Waals surface area contributed by atoms with E-state index < -0.39 is 0 Å². The highest BCUT2D eigenvalue weighted by atomic mass is 19.1. The Bertz CT molecular complexity index is 1170. The molecular weight excluding hydrogens is 393 g/mol. The Morgan fingerprint density at radius 3 is 2.71 bits per heavy atom. The summed E-state index contributed by atoms with van der Waals surface area (Å²) in [4.78, 5) is 11.4. The molecule has 2 heterocycles. The summed E-state index contributed by atoms with van der Waals surface area (Å²) in [5.41, 5.74) is 11.5. The smallest absolute Gasteiger partial charge is 0.221 e. The summed E-state index contributed by atoms with van der Waals surface area (Å²) in [6, 6.07) is 14.3. The highest BCUT2D eigenvalue weighted by molar-refractivity contribution is 5.77. The zero-order chi connectivity index (χ0) is 21.4. The molecule has 1 aliphatic heterocycles. The Hall–Kier alpha value is -3.25. The molecule has 1 aromatic heterocycles. The van der Waals surface area contributed by atoms with E-state index in [0.717, 1.165) is 53.8 Å². The highest BCUT2D eigenvalue weighted by Gasteiger charge is 2.43. The van der Waals surface area contributed by atoms with Gasteiger partial charge in [-0.05, 0) is 66.3 Å². The summed E-state index contributed by atoms with van der Waals surface area (Å²) in [7, 11) is 0. The number of hydrogen-bond acceptors (Lipinski definition) is 3. The van der Waals surface area contributed by atoms with Gasteiger partial charge in [-0.15, -0.1) is 0 Å². The molecule has 0 saturated carbocycles. The normalized spacial score (nSPS) is 19.6. The second-order valence-electron chi connectivity index (χ2n) is 8.29. The molecule has 0 spiro atoms. The average Bonchev–Trinajstić information content (AvgIpc) is 3.35. The van der Waals surface area contributed by atoms with E-state index in [-0.39, 0.29) is 23.7 Å². The first kappa shape index (κ1) is 19.7. The lowest BCUT2D eigenvalue weighted by atomic mass is 9.78. The van der Waals surface area contributed by atoms with Crippen LogP contribution in [0, 0.1) is 5.82 Å². The maximum absolute atomic E-state index is 13.3. The maximum Gasteiger partial charge on any atom is 0.221 e. The highest BCUT2D eigenvalue weighted by Crippen LogP contribution is 2.44. The predicted molar refractivity (Wildman–Crippen MR) is 116 cm³/mol. The largest absolute Gasteiger partial charge is 0.370 e. The lowest BCUT2D eigenvalue weighted by molar-refractivity contribution is -0.117. The predicted octanol–water partition coefficient (Wildman–Crippen LogP) is 3.77. The molecule has 6 heteroatoms. The van der Waals surface area contributed by atoms with E-state index >= 15 is 0 Å². The Morgan fingerprint density at radius 2 is 1.94 bits per heavy atom. The monoisotopic (exact) mass is 417 g/mol. The molecule has 1 fully saturated rings. The van der Waals surface area contributed by atoms with Gasteiger partial charge in [-0.2, -0.15) is 5.10 Å². The summed E-state index contributed by atoms with van der Waals surface area (Å²) in [6.07, 6.45) is 7.61. The van der Waals surface area contributed by atoms with Crippen LogP contribution in [0.4, 0.5) is 4.39 Å². The third-order valence-electron chi connectivity index (χ3n) is 6.36.